The average molecular weight is 377 g/mol. The molecule has 2 heterocycles. The highest BCUT2D eigenvalue weighted by Crippen LogP contribution is 2.38. The minimum absolute atomic E-state index is 0.260. The summed E-state index contributed by atoms with van der Waals surface area (Å²) in [6.07, 6.45) is 0.744. The summed E-state index contributed by atoms with van der Waals surface area (Å²) in [6.45, 7) is 4.72. The largest absolute Gasteiger partial charge is 0.493 e. The van der Waals surface area contributed by atoms with Crippen molar-refractivity contribution in [3.63, 3.8) is 0 Å². The van der Waals surface area contributed by atoms with E-state index >= 15 is 0 Å². The number of rotatable bonds is 4. The molecule has 0 radical (unpaired) electrons. The third-order valence-corrected chi connectivity index (χ3v) is 5.28. The number of benzene rings is 2. The van der Waals surface area contributed by atoms with Gasteiger partial charge in [-0.15, -0.1) is 0 Å². The first-order chi connectivity index (χ1) is 13.5. The maximum atomic E-state index is 12.6. The van der Waals surface area contributed by atoms with Crippen LogP contribution in [0, 0.1) is 13.8 Å². The summed E-state index contributed by atoms with van der Waals surface area (Å²) in [5, 5.41) is 3.26. The highest BCUT2D eigenvalue weighted by Gasteiger charge is 2.21. The van der Waals surface area contributed by atoms with Crippen molar-refractivity contribution in [2.45, 2.75) is 26.8 Å². The summed E-state index contributed by atoms with van der Waals surface area (Å²) >= 11 is 0. The lowest BCUT2D eigenvalue weighted by Gasteiger charge is -2.23. The number of aryl methyl sites for hydroxylation is 3. The van der Waals surface area contributed by atoms with E-state index in [-0.39, 0.29) is 5.69 Å². The van der Waals surface area contributed by atoms with Crippen LogP contribution >= 0.6 is 0 Å². The molecule has 1 N–H and O–H groups in total. The van der Waals surface area contributed by atoms with E-state index in [2.05, 4.69) is 36.3 Å². The number of methoxy groups -OCH3 is 2. The Bertz CT molecular complexity index is 1120. The predicted molar refractivity (Wildman–Crippen MR) is 110 cm³/mol. The standard InChI is InChI=1S/C22H23N3O3/c1-13-5-6-16(9-14(13)2)23-21-12-18-17-11-20(28-4)19(27-3)10-15(17)7-8-25(18)22(26)24-21/h5-6,9-12H,7-8H2,1-4H3,(H,23,24,26). The normalized spacial score (nSPS) is 12.1. The topological polar surface area (TPSA) is 65.4 Å². The molecule has 0 aliphatic carbocycles. The fourth-order valence-electron chi connectivity index (χ4n) is 3.58. The summed E-state index contributed by atoms with van der Waals surface area (Å²) in [6, 6.07) is 11.9. The number of fused-ring (bicyclic) bond motifs is 3. The van der Waals surface area contributed by atoms with Crippen LogP contribution in [0.25, 0.3) is 11.3 Å². The van der Waals surface area contributed by atoms with E-state index in [0.29, 0.717) is 23.9 Å². The molecule has 0 unspecified atom stereocenters. The molecule has 6 heteroatoms. The van der Waals surface area contributed by atoms with E-state index in [0.717, 1.165) is 28.9 Å². The summed E-state index contributed by atoms with van der Waals surface area (Å²) in [7, 11) is 3.24. The first-order valence-electron chi connectivity index (χ1n) is 9.21. The van der Waals surface area contributed by atoms with Gasteiger partial charge in [0.25, 0.3) is 0 Å². The predicted octanol–water partition coefficient (Wildman–Crippen LogP) is 3.84. The Morgan fingerprint density at radius 3 is 2.46 bits per heavy atom. The Morgan fingerprint density at radius 2 is 1.75 bits per heavy atom. The number of nitrogens with zero attached hydrogens (tertiary/aromatic N) is 2. The summed E-state index contributed by atoms with van der Waals surface area (Å²) < 4.78 is 12.6. The van der Waals surface area contributed by atoms with Gasteiger partial charge in [0.1, 0.15) is 5.82 Å². The molecule has 0 fully saturated rings. The van der Waals surface area contributed by atoms with Crippen molar-refractivity contribution in [2.75, 3.05) is 19.5 Å². The molecule has 0 saturated heterocycles. The molecule has 0 saturated carbocycles. The fourth-order valence-corrected chi connectivity index (χ4v) is 3.58. The highest BCUT2D eigenvalue weighted by molar-refractivity contribution is 5.73. The van der Waals surface area contributed by atoms with Crippen LogP contribution in [0.15, 0.2) is 41.2 Å². The summed E-state index contributed by atoms with van der Waals surface area (Å²) in [5.74, 6) is 1.87. The molecule has 3 aromatic rings. The molecule has 0 amide bonds. The molecule has 1 aromatic heterocycles. The van der Waals surface area contributed by atoms with Crippen LogP contribution in [0.4, 0.5) is 11.5 Å². The van der Waals surface area contributed by atoms with E-state index in [1.807, 2.05) is 24.3 Å². The highest BCUT2D eigenvalue weighted by atomic mass is 16.5. The first kappa shape index (κ1) is 18.1. The Balaban J connectivity index is 1.80. The zero-order chi connectivity index (χ0) is 19.8. The molecule has 1 aliphatic heterocycles. The monoisotopic (exact) mass is 377 g/mol. The lowest BCUT2D eigenvalue weighted by molar-refractivity contribution is 0.354. The molecule has 0 atom stereocenters. The zero-order valence-electron chi connectivity index (χ0n) is 16.5. The minimum atomic E-state index is -0.260. The van der Waals surface area contributed by atoms with E-state index in [1.165, 1.54) is 11.1 Å². The third-order valence-electron chi connectivity index (χ3n) is 5.28. The van der Waals surface area contributed by atoms with Crippen molar-refractivity contribution < 1.29 is 9.47 Å². The van der Waals surface area contributed by atoms with Gasteiger partial charge < -0.3 is 14.8 Å². The average Bonchev–Trinajstić information content (AvgIpc) is 2.69. The van der Waals surface area contributed by atoms with E-state index in [1.54, 1.807) is 18.8 Å². The molecule has 0 spiro atoms. The van der Waals surface area contributed by atoms with Crippen molar-refractivity contribution in [3.05, 3.63) is 63.6 Å². The molecular weight excluding hydrogens is 354 g/mol. The number of hydrogen-bond acceptors (Lipinski definition) is 5. The van der Waals surface area contributed by atoms with Crippen LogP contribution in [-0.4, -0.2) is 23.8 Å². The van der Waals surface area contributed by atoms with Gasteiger partial charge in [-0.1, -0.05) is 6.07 Å². The Morgan fingerprint density at radius 1 is 1.00 bits per heavy atom. The van der Waals surface area contributed by atoms with Gasteiger partial charge in [0, 0.05) is 23.9 Å². The maximum Gasteiger partial charge on any atom is 0.350 e. The van der Waals surface area contributed by atoms with E-state index in [4.69, 9.17) is 9.47 Å². The van der Waals surface area contributed by atoms with E-state index < -0.39 is 0 Å². The van der Waals surface area contributed by atoms with Crippen LogP contribution in [0.3, 0.4) is 0 Å². The number of aromatic nitrogens is 2. The lowest BCUT2D eigenvalue weighted by atomic mass is 9.97. The Hall–Kier alpha value is -3.28. The number of nitrogens with one attached hydrogen (secondary N) is 1. The third kappa shape index (κ3) is 3.11. The minimum Gasteiger partial charge on any atom is -0.493 e. The van der Waals surface area contributed by atoms with Crippen molar-refractivity contribution in [3.8, 4) is 22.8 Å². The van der Waals surface area contributed by atoms with Gasteiger partial charge in [0.2, 0.25) is 0 Å². The lowest BCUT2D eigenvalue weighted by Crippen LogP contribution is -2.28. The molecule has 28 heavy (non-hydrogen) atoms. The van der Waals surface area contributed by atoms with Gasteiger partial charge in [-0.2, -0.15) is 4.98 Å². The van der Waals surface area contributed by atoms with Crippen molar-refractivity contribution >= 4 is 11.5 Å². The second-order valence-electron chi connectivity index (χ2n) is 7.00. The van der Waals surface area contributed by atoms with Crippen LogP contribution in [-0.2, 0) is 13.0 Å². The molecule has 1 aliphatic rings. The molecule has 0 bridgehead atoms. The first-order valence-corrected chi connectivity index (χ1v) is 9.21. The fraction of sp³-hybridized carbons (Fsp3) is 0.273. The van der Waals surface area contributed by atoms with Crippen molar-refractivity contribution in [1.82, 2.24) is 9.55 Å². The number of ether oxygens (including phenoxy) is 2. The Labute approximate surface area is 163 Å². The van der Waals surface area contributed by atoms with Gasteiger partial charge >= 0.3 is 5.69 Å². The second-order valence-corrected chi connectivity index (χ2v) is 7.00. The molecular formula is C22H23N3O3. The van der Waals surface area contributed by atoms with Crippen molar-refractivity contribution in [2.24, 2.45) is 0 Å². The number of hydrogen-bond donors (Lipinski definition) is 1. The maximum absolute atomic E-state index is 12.6. The zero-order valence-corrected chi connectivity index (χ0v) is 16.5. The van der Waals surface area contributed by atoms with Gasteiger partial charge in [-0.25, -0.2) is 4.79 Å². The summed E-state index contributed by atoms with van der Waals surface area (Å²) in [5.41, 5.74) is 5.97. The molecule has 4 rings (SSSR count). The second kappa shape index (κ2) is 7.03. The van der Waals surface area contributed by atoms with Gasteiger partial charge in [0.05, 0.1) is 19.9 Å². The van der Waals surface area contributed by atoms with E-state index in [9.17, 15) is 4.79 Å². The van der Waals surface area contributed by atoms with Crippen LogP contribution in [0.1, 0.15) is 16.7 Å². The summed E-state index contributed by atoms with van der Waals surface area (Å²) in [4.78, 5) is 16.9. The van der Waals surface area contributed by atoms with Gasteiger partial charge in [-0.3, -0.25) is 4.57 Å². The molecule has 144 valence electrons. The molecule has 2 aromatic carbocycles. The van der Waals surface area contributed by atoms with Crippen LogP contribution < -0.4 is 20.5 Å². The Kier molecular flexibility index (Phi) is 4.55. The SMILES string of the molecule is COc1cc2c(cc1OC)-c1cc(Nc3ccc(C)c(C)c3)nc(=O)n1CC2. The van der Waals surface area contributed by atoms with Crippen LogP contribution in [0.5, 0.6) is 11.5 Å². The quantitative estimate of drug-likeness (QED) is 0.748. The molecule has 6 nitrogen and oxygen atoms in total. The van der Waals surface area contributed by atoms with Gasteiger partial charge in [-0.05, 0) is 61.2 Å². The smallest absolute Gasteiger partial charge is 0.350 e. The van der Waals surface area contributed by atoms with Crippen LogP contribution in [0.2, 0.25) is 0 Å². The van der Waals surface area contributed by atoms with Gasteiger partial charge in [0.15, 0.2) is 11.5 Å². The van der Waals surface area contributed by atoms with Crippen molar-refractivity contribution in [1.29, 1.82) is 0 Å². The number of anilines is 2.